The van der Waals surface area contributed by atoms with Crippen LogP contribution in [0.4, 0.5) is 0 Å². The van der Waals surface area contributed by atoms with Gasteiger partial charge in [0, 0.05) is 37.9 Å². The number of benzene rings is 2. The van der Waals surface area contributed by atoms with Crippen LogP contribution in [0.1, 0.15) is 15.9 Å². The van der Waals surface area contributed by atoms with Gasteiger partial charge in [-0.25, -0.2) is 4.68 Å². The summed E-state index contributed by atoms with van der Waals surface area (Å²) in [6.45, 7) is 5.77. The van der Waals surface area contributed by atoms with E-state index in [2.05, 4.69) is 18.3 Å². The zero-order valence-electron chi connectivity index (χ0n) is 16.4. The largest absolute Gasteiger partial charge is 0.338 e. The molecule has 0 unspecified atom stereocenters. The summed E-state index contributed by atoms with van der Waals surface area (Å²) < 4.78 is 1.83. The van der Waals surface area contributed by atoms with Crippen molar-refractivity contribution >= 4 is 18.3 Å². The Morgan fingerprint density at radius 3 is 2.34 bits per heavy atom. The molecule has 3 heterocycles. The lowest BCUT2D eigenvalue weighted by atomic mass is 10.0. The first-order chi connectivity index (χ1) is 13.7. The zero-order chi connectivity index (χ0) is 19.1. The van der Waals surface area contributed by atoms with Crippen LogP contribution in [0.2, 0.25) is 0 Å². The second kappa shape index (κ2) is 8.01. The molecule has 0 radical (unpaired) electrons. The Labute approximate surface area is 177 Å². The van der Waals surface area contributed by atoms with Gasteiger partial charge in [0.05, 0.1) is 11.3 Å². The molecule has 3 aromatic rings. The number of amides is 1. The number of hydrogen-bond donors (Lipinski definition) is 1. The molecule has 150 valence electrons. The SMILES string of the molecule is Cc1ccccc1-c1nn(-c2ccccc2)cc1C(=O)N1C[C@H]2CNC[C@H]2C1.Cl. The smallest absolute Gasteiger partial charge is 0.257 e. The summed E-state index contributed by atoms with van der Waals surface area (Å²) in [6, 6.07) is 18.1. The van der Waals surface area contributed by atoms with E-state index >= 15 is 0 Å². The van der Waals surface area contributed by atoms with Crippen LogP contribution in [-0.2, 0) is 0 Å². The number of hydrogen-bond acceptors (Lipinski definition) is 3. The Hall–Kier alpha value is -2.63. The number of carbonyl (C=O) groups excluding carboxylic acids is 1. The van der Waals surface area contributed by atoms with Crippen LogP contribution in [0.3, 0.4) is 0 Å². The van der Waals surface area contributed by atoms with Gasteiger partial charge in [0.25, 0.3) is 5.91 Å². The second-order valence-electron chi connectivity index (χ2n) is 7.87. The highest BCUT2D eigenvalue weighted by atomic mass is 35.5. The molecule has 5 rings (SSSR count). The van der Waals surface area contributed by atoms with Gasteiger partial charge in [-0.2, -0.15) is 5.10 Å². The summed E-state index contributed by atoms with van der Waals surface area (Å²) in [4.78, 5) is 15.5. The number of halogens is 1. The van der Waals surface area contributed by atoms with Crippen LogP contribution < -0.4 is 5.32 Å². The predicted octanol–water partition coefficient (Wildman–Crippen LogP) is 3.56. The summed E-state index contributed by atoms with van der Waals surface area (Å²) >= 11 is 0. The Morgan fingerprint density at radius 1 is 1.00 bits per heavy atom. The van der Waals surface area contributed by atoms with Crippen molar-refractivity contribution in [3.63, 3.8) is 0 Å². The van der Waals surface area contributed by atoms with E-state index in [-0.39, 0.29) is 18.3 Å². The molecule has 2 fully saturated rings. The highest BCUT2D eigenvalue weighted by Crippen LogP contribution is 2.31. The summed E-state index contributed by atoms with van der Waals surface area (Å²) in [6.07, 6.45) is 1.89. The number of fused-ring (bicyclic) bond motifs is 1. The van der Waals surface area contributed by atoms with Crippen LogP contribution in [0.25, 0.3) is 16.9 Å². The normalized spacial score (nSPS) is 20.4. The molecule has 0 aliphatic carbocycles. The number of likely N-dealkylation sites (tertiary alicyclic amines) is 1. The molecule has 6 heteroatoms. The zero-order valence-corrected chi connectivity index (χ0v) is 17.2. The molecule has 29 heavy (non-hydrogen) atoms. The second-order valence-corrected chi connectivity index (χ2v) is 7.87. The van der Waals surface area contributed by atoms with Gasteiger partial charge in [0.2, 0.25) is 0 Å². The van der Waals surface area contributed by atoms with Gasteiger partial charge >= 0.3 is 0 Å². The van der Waals surface area contributed by atoms with E-state index in [1.807, 2.05) is 64.3 Å². The van der Waals surface area contributed by atoms with Gasteiger partial charge in [-0.1, -0.05) is 42.5 Å². The molecular formula is C23H25ClN4O. The van der Waals surface area contributed by atoms with E-state index in [0.29, 0.717) is 17.4 Å². The first-order valence-corrected chi connectivity index (χ1v) is 9.92. The Balaban J connectivity index is 0.00000205. The molecule has 5 nitrogen and oxygen atoms in total. The van der Waals surface area contributed by atoms with E-state index in [4.69, 9.17) is 5.10 Å². The molecule has 2 aliphatic heterocycles. The van der Waals surface area contributed by atoms with Crippen molar-refractivity contribution < 1.29 is 4.79 Å². The molecule has 2 atom stereocenters. The van der Waals surface area contributed by atoms with Crippen molar-refractivity contribution in [1.82, 2.24) is 20.0 Å². The fraction of sp³-hybridized carbons (Fsp3) is 0.304. The van der Waals surface area contributed by atoms with Gasteiger partial charge in [-0.15, -0.1) is 12.4 Å². The van der Waals surface area contributed by atoms with Gasteiger partial charge in [-0.05, 0) is 36.5 Å². The maximum Gasteiger partial charge on any atom is 0.257 e. The molecule has 2 aromatic carbocycles. The summed E-state index contributed by atoms with van der Waals surface area (Å²) in [5, 5.41) is 8.27. The lowest BCUT2D eigenvalue weighted by Gasteiger charge is -2.17. The Kier molecular flexibility index (Phi) is 5.43. The number of rotatable bonds is 3. The minimum Gasteiger partial charge on any atom is -0.338 e. The van der Waals surface area contributed by atoms with Crippen molar-refractivity contribution in [2.75, 3.05) is 26.2 Å². The fourth-order valence-electron chi connectivity index (χ4n) is 4.47. The van der Waals surface area contributed by atoms with Crippen molar-refractivity contribution in [2.24, 2.45) is 11.8 Å². The van der Waals surface area contributed by atoms with Gasteiger partial charge in [0.15, 0.2) is 0 Å². The van der Waals surface area contributed by atoms with Crippen molar-refractivity contribution in [2.45, 2.75) is 6.92 Å². The van der Waals surface area contributed by atoms with E-state index in [1.54, 1.807) is 0 Å². The average Bonchev–Trinajstić information content (AvgIpc) is 3.43. The molecule has 1 N–H and O–H groups in total. The van der Waals surface area contributed by atoms with Gasteiger partial charge in [-0.3, -0.25) is 4.79 Å². The number of nitrogens with one attached hydrogen (secondary N) is 1. The molecule has 2 saturated heterocycles. The highest BCUT2D eigenvalue weighted by molar-refractivity contribution is 6.00. The molecule has 1 amide bonds. The lowest BCUT2D eigenvalue weighted by Crippen LogP contribution is -2.32. The summed E-state index contributed by atoms with van der Waals surface area (Å²) in [5.74, 6) is 1.25. The fourth-order valence-corrected chi connectivity index (χ4v) is 4.47. The monoisotopic (exact) mass is 408 g/mol. The van der Waals surface area contributed by atoms with E-state index in [1.165, 1.54) is 0 Å². The lowest BCUT2D eigenvalue weighted by molar-refractivity contribution is 0.0782. The highest BCUT2D eigenvalue weighted by Gasteiger charge is 2.39. The first kappa shape index (κ1) is 19.7. The number of nitrogens with zero attached hydrogens (tertiary/aromatic N) is 3. The molecular weight excluding hydrogens is 384 g/mol. The predicted molar refractivity (Wildman–Crippen MR) is 117 cm³/mol. The number of para-hydroxylation sites is 1. The number of aryl methyl sites for hydroxylation is 1. The summed E-state index contributed by atoms with van der Waals surface area (Å²) in [7, 11) is 0. The Morgan fingerprint density at radius 2 is 1.66 bits per heavy atom. The molecule has 0 saturated carbocycles. The van der Waals surface area contributed by atoms with Crippen LogP contribution in [0.15, 0.2) is 60.8 Å². The first-order valence-electron chi connectivity index (χ1n) is 9.92. The summed E-state index contributed by atoms with van der Waals surface area (Å²) in [5.41, 5.74) is 4.55. The maximum atomic E-state index is 13.5. The van der Waals surface area contributed by atoms with E-state index < -0.39 is 0 Å². The van der Waals surface area contributed by atoms with Gasteiger partial charge in [0.1, 0.15) is 5.69 Å². The number of carbonyl (C=O) groups is 1. The average molecular weight is 409 g/mol. The van der Waals surface area contributed by atoms with E-state index in [9.17, 15) is 4.79 Å². The topological polar surface area (TPSA) is 50.2 Å². The standard InChI is InChI=1S/C23H24N4O.ClH/c1-16-7-5-6-10-20(16)22-21(15-27(25-22)19-8-3-2-4-9-19)23(28)26-13-17-11-24-12-18(17)14-26;/h2-10,15,17-18,24H,11-14H2,1H3;1H/t17-,18+;. The van der Waals surface area contributed by atoms with Crippen molar-refractivity contribution in [3.05, 3.63) is 71.9 Å². The minimum absolute atomic E-state index is 0. The maximum absolute atomic E-state index is 13.5. The van der Waals surface area contributed by atoms with Crippen LogP contribution in [0, 0.1) is 18.8 Å². The van der Waals surface area contributed by atoms with Crippen molar-refractivity contribution in [3.8, 4) is 16.9 Å². The third kappa shape index (κ3) is 3.56. The third-order valence-electron chi connectivity index (χ3n) is 6.04. The van der Waals surface area contributed by atoms with Gasteiger partial charge < -0.3 is 10.2 Å². The molecule has 2 aliphatic rings. The Bertz CT molecular complexity index is 1000. The van der Waals surface area contributed by atoms with Crippen LogP contribution in [0.5, 0.6) is 0 Å². The molecule has 0 bridgehead atoms. The minimum atomic E-state index is 0. The van der Waals surface area contributed by atoms with E-state index in [0.717, 1.165) is 48.7 Å². The van der Waals surface area contributed by atoms with Crippen LogP contribution in [-0.4, -0.2) is 46.8 Å². The molecule has 1 aromatic heterocycles. The quantitative estimate of drug-likeness (QED) is 0.720. The molecule has 0 spiro atoms. The number of aromatic nitrogens is 2. The van der Waals surface area contributed by atoms with Crippen molar-refractivity contribution in [1.29, 1.82) is 0 Å². The van der Waals surface area contributed by atoms with Crippen LogP contribution >= 0.6 is 12.4 Å². The third-order valence-corrected chi connectivity index (χ3v) is 6.04.